The maximum atomic E-state index is 11.9. The molecule has 0 saturated heterocycles. The van der Waals surface area contributed by atoms with E-state index in [0.717, 1.165) is 5.56 Å². The molecular weight excluding hydrogens is 240 g/mol. The topological polar surface area (TPSA) is 71.4 Å². The smallest absolute Gasteiger partial charge is 0.321 e. The molecule has 1 aromatic carbocycles. The molecule has 94 valence electrons. The standard InChI is InChI=1S/C12H16O4S/c1-3-11(12(13)14)17(15,16)8-10-7-5-4-6-9(10)2/h4-7,11H,3,8H2,1-2H3,(H,13,14). The average molecular weight is 256 g/mol. The lowest BCUT2D eigenvalue weighted by Crippen LogP contribution is -2.30. The lowest BCUT2D eigenvalue weighted by molar-refractivity contribution is -0.136. The molecule has 0 radical (unpaired) electrons. The van der Waals surface area contributed by atoms with Crippen molar-refractivity contribution in [2.45, 2.75) is 31.3 Å². The van der Waals surface area contributed by atoms with Gasteiger partial charge in [0.15, 0.2) is 15.1 Å². The lowest BCUT2D eigenvalue weighted by atomic mass is 10.1. The van der Waals surface area contributed by atoms with Gasteiger partial charge in [-0.1, -0.05) is 31.2 Å². The second kappa shape index (κ2) is 5.31. The maximum absolute atomic E-state index is 11.9. The van der Waals surface area contributed by atoms with Crippen LogP contribution < -0.4 is 0 Å². The number of aryl methyl sites for hydroxylation is 1. The van der Waals surface area contributed by atoms with Crippen LogP contribution in [-0.4, -0.2) is 24.7 Å². The normalized spacial score (nSPS) is 13.3. The van der Waals surface area contributed by atoms with Crippen molar-refractivity contribution >= 4 is 15.8 Å². The van der Waals surface area contributed by atoms with Crippen molar-refractivity contribution in [1.29, 1.82) is 0 Å². The Morgan fingerprint density at radius 3 is 2.41 bits per heavy atom. The van der Waals surface area contributed by atoms with Crippen LogP contribution in [0.1, 0.15) is 24.5 Å². The van der Waals surface area contributed by atoms with E-state index in [9.17, 15) is 13.2 Å². The minimum absolute atomic E-state index is 0.0869. The van der Waals surface area contributed by atoms with Crippen molar-refractivity contribution < 1.29 is 18.3 Å². The Morgan fingerprint density at radius 2 is 1.94 bits per heavy atom. The summed E-state index contributed by atoms with van der Waals surface area (Å²) in [7, 11) is -3.65. The van der Waals surface area contributed by atoms with Crippen molar-refractivity contribution in [2.24, 2.45) is 0 Å². The van der Waals surface area contributed by atoms with E-state index in [4.69, 9.17) is 5.11 Å². The van der Waals surface area contributed by atoms with Crippen LogP contribution in [0.15, 0.2) is 24.3 Å². The van der Waals surface area contributed by atoms with Gasteiger partial charge in [-0.05, 0) is 24.5 Å². The van der Waals surface area contributed by atoms with Gasteiger partial charge in [-0.15, -0.1) is 0 Å². The number of aliphatic carboxylic acids is 1. The number of benzene rings is 1. The summed E-state index contributed by atoms with van der Waals surface area (Å²) in [6.45, 7) is 3.38. The van der Waals surface area contributed by atoms with Crippen LogP contribution in [0.4, 0.5) is 0 Å². The highest BCUT2D eigenvalue weighted by Gasteiger charge is 2.30. The van der Waals surface area contributed by atoms with E-state index < -0.39 is 21.1 Å². The molecule has 17 heavy (non-hydrogen) atoms. The van der Waals surface area contributed by atoms with Crippen LogP contribution >= 0.6 is 0 Å². The molecule has 0 aliphatic rings. The van der Waals surface area contributed by atoms with Crippen LogP contribution in [0.5, 0.6) is 0 Å². The third kappa shape index (κ3) is 3.30. The summed E-state index contributed by atoms with van der Waals surface area (Å²) in [5.74, 6) is -1.49. The first-order valence-electron chi connectivity index (χ1n) is 5.37. The molecule has 0 bridgehead atoms. The fraction of sp³-hybridized carbons (Fsp3) is 0.417. The minimum Gasteiger partial charge on any atom is -0.480 e. The molecule has 0 aliphatic heterocycles. The summed E-state index contributed by atoms with van der Waals surface area (Å²) in [4.78, 5) is 10.9. The molecule has 0 fully saturated rings. The average Bonchev–Trinajstić information content (AvgIpc) is 2.21. The molecule has 0 spiro atoms. The van der Waals surface area contributed by atoms with Gasteiger partial charge in [0.2, 0.25) is 0 Å². The molecule has 0 aliphatic carbocycles. The summed E-state index contributed by atoms with van der Waals surface area (Å²) in [6.07, 6.45) is 0.0869. The largest absolute Gasteiger partial charge is 0.480 e. The maximum Gasteiger partial charge on any atom is 0.321 e. The van der Waals surface area contributed by atoms with Gasteiger partial charge in [-0.25, -0.2) is 8.42 Å². The summed E-state index contributed by atoms with van der Waals surface area (Å²) >= 11 is 0. The van der Waals surface area contributed by atoms with Crippen molar-refractivity contribution in [1.82, 2.24) is 0 Å². The van der Waals surface area contributed by atoms with Gasteiger partial charge < -0.3 is 5.11 Å². The van der Waals surface area contributed by atoms with E-state index in [1.807, 2.05) is 19.1 Å². The number of carboxylic acid groups (broad SMARTS) is 1. The summed E-state index contributed by atoms with van der Waals surface area (Å²) in [6, 6.07) is 7.09. The van der Waals surface area contributed by atoms with Crippen molar-refractivity contribution in [3.05, 3.63) is 35.4 Å². The third-order valence-corrected chi connectivity index (χ3v) is 4.81. The van der Waals surface area contributed by atoms with Gasteiger partial charge in [-0.3, -0.25) is 4.79 Å². The van der Waals surface area contributed by atoms with Crippen LogP contribution in [0.25, 0.3) is 0 Å². The van der Waals surface area contributed by atoms with Crippen LogP contribution in [0.2, 0.25) is 0 Å². The van der Waals surface area contributed by atoms with Crippen LogP contribution in [0.3, 0.4) is 0 Å². The van der Waals surface area contributed by atoms with Gasteiger partial charge in [0.25, 0.3) is 0 Å². The van der Waals surface area contributed by atoms with Crippen molar-refractivity contribution in [3.63, 3.8) is 0 Å². The molecule has 0 amide bonds. The molecule has 4 nitrogen and oxygen atoms in total. The van der Waals surface area contributed by atoms with Gasteiger partial charge in [0.05, 0.1) is 5.75 Å². The number of carbonyl (C=O) groups is 1. The second-order valence-corrected chi connectivity index (χ2v) is 6.15. The summed E-state index contributed by atoms with van der Waals surface area (Å²) in [5, 5.41) is 7.56. The number of hydrogen-bond acceptors (Lipinski definition) is 3. The molecule has 0 aromatic heterocycles. The van der Waals surface area contributed by atoms with Crippen molar-refractivity contribution in [3.8, 4) is 0 Å². The first kappa shape index (κ1) is 13.7. The SMILES string of the molecule is CCC(C(=O)O)S(=O)(=O)Cc1ccccc1C. The second-order valence-electron chi connectivity index (χ2n) is 3.97. The van der Waals surface area contributed by atoms with E-state index >= 15 is 0 Å². The number of hydrogen-bond donors (Lipinski definition) is 1. The number of sulfone groups is 1. The zero-order chi connectivity index (χ0) is 13.1. The first-order valence-corrected chi connectivity index (χ1v) is 7.09. The van der Waals surface area contributed by atoms with E-state index in [-0.39, 0.29) is 12.2 Å². The Bertz CT molecular complexity index is 505. The quantitative estimate of drug-likeness (QED) is 0.871. The molecule has 1 unspecified atom stereocenters. The predicted octanol–water partition coefficient (Wildman–Crippen LogP) is 1.77. The summed E-state index contributed by atoms with van der Waals surface area (Å²) in [5.41, 5.74) is 1.52. The Morgan fingerprint density at radius 1 is 1.35 bits per heavy atom. The zero-order valence-corrected chi connectivity index (χ0v) is 10.7. The monoisotopic (exact) mass is 256 g/mol. The molecule has 1 aromatic rings. The van der Waals surface area contributed by atoms with E-state index in [2.05, 4.69) is 0 Å². The van der Waals surface area contributed by atoms with Crippen molar-refractivity contribution in [2.75, 3.05) is 0 Å². The van der Waals surface area contributed by atoms with Crippen LogP contribution in [0, 0.1) is 6.92 Å². The molecular formula is C12H16O4S. The van der Waals surface area contributed by atoms with Gasteiger partial charge >= 0.3 is 5.97 Å². The number of rotatable bonds is 5. The molecule has 0 saturated carbocycles. The summed E-state index contributed by atoms with van der Waals surface area (Å²) < 4.78 is 23.9. The third-order valence-electron chi connectivity index (χ3n) is 2.70. The van der Waals surface area contributed by atoms with E-state index in [1.54, 1.807) is 19.1 Å². The molecule has 1 atom stereocenters. The highest BCUT2D eigenvalue weighted by Crippen LogP contribution is 2.16. The molecule has 5 heteroatoms. The molecule has 1 N–H and O–H groups in total. The highest BCUT2D eigenvalue weighted by molar-refractivity contribution is 7.92. The minimum atomic E-state index is -3.65. The van der Waals surface area contributed by atoms with E-state index in [1.165, 1.54) is 0 Å². The molecule has 0 heterocycles. The van der Waals surface area contributed by atoms with E-state index in [0.29, 0.717) is 5.56 Å². The number of carboxylic acids is 1. The first-order chi connectivity index (χ1) is 7.88. The fourth-order valence-corrected chi connectivity index (χ4v) is 3.45. The van der Waals surface area contributed by atoms with Crippen LogP contribution in [-0.2, 0) is 20.4 Å². The van der Waals surface area contributed by atoms with Gasteiger partial charge in [-0.2, -0.15) is 0 Å². The zero-order valence-electron chi connectivity index (χ0n) is 9.88. The predicted molar refractivity (Wildman–Crippen MR) is 65.5 cm³/mol. The Balaban J connectivity index is 3.02. The lowest BCUT2D eigenvalue weighted by Gasteiger charge is -2.12. The Hall–Kier alpha value is -1.36. The Labute approximate surface area is 101 Å². The fourth-order valence-electron chi connectivity index (χ4n) is 1.67. The van der Waals surface area contributed by atoms with Gasteiger partial charge in [0.1, 0.15) is 0 Å². The molecule has 1 rings (SSSR count). The Kier molecular flexibility index (Phi) is 4.28. The van der Waals surface area contributed by atoms with Gasteiger partial charge in [0, 0.05) is 0 Å². The highest BCUT2D eigenvalue weighted by atomic mass is 32.2.